The van der Waals surface area contributed by atoms with E-state index in [0.717, 1.165) is 171 Å². The van der Waals surface area contributed by atoms with Crippen molar-refractivity contribution in [1.82, 2.24) is 43.2 Å². The van der Waals surface area contributed by atoms with Gasteiger partial charge in [-0.2, -0.15) is 0 Å². The van der Waals surface area contributed by atoms with Gasteiger partial charge in [-0.1, -0.05) is 245 Å². The van der Waals surface area contributed by atoms with Crippen LogP contribution < -0.4 is 0 Å². The van der Waals surface area contributed by atoms with Crippen LogP contribution in [0.2, 0.25) is 0 Å². The third kappa shape index (κ3) is 11.7. The molecule has 0 N–H and O–H groups in total. The van der Waals surface area contributed by atoms with Crippen molar-refractivity contribution in [3.63, 3.8) is 0 Å². The van der Waals surface area contributed by atoms with Gasteiger partial charge in [0.05, 0.1) is 49.8 Å². The smallest absolute Gasteiger partial charge is 0.235 e. The average molecular weight is 1480 g/mol. The van der Waals surface area contributed by atoms with E-state index in [2.05, 4.69) is 390 Å². The molecule has 15 aromatic carbocycles. The summed E-state index contributed by atoms with van der Waals surface area (Å²) in [5, 5.41) is 9.22. The zero-order chi connectivity index (χ0) is 77.1. The van der Waals surface area contributed by atoms with Gasteiger partial charge in [0.25, 0.3) is 0 Å². The van der Waals surface area contributed by atoms with Crippen LogP contribution in [0.4, 0.5) is 0 Å². The van der Waals surface area contributed by atoms with E-state index >= 15 is 0 Å². The zero-order valence-electron chi connectivity index (χ0n) is 64.0. The van der Waals surface area contributed by atoms with Crippen molar-refractivity contribution in [2.75, 3.05) is 0 Å². The van der Waals surface area contributed by atoms with E-state index in [1.807, 2.05) is 43.1 Å². The fourth-order valence-electron chi connectivity index (χ4n) is 17.5. The number of hydrogen-bond acceptors (Lipinski definition) is 5. The number of fused-ring (bicyclic) bond motifs is 12. The minimum atomic E-state index is -0.0895. The second-order valence-electron chi connectivity index (χ2n) is 31.3. The Morgan fingerprint density at radius 3 is 1.00 bits per heavy atom. The molecule has 546 valence electrons. The lowest BCUT2D eigenvalue weighted by Gasteiger charge is -2.19. The highest BCUT2D eigenvalue weighted by molar-refractivity contribution is 6.16. The molecule has 0 fully saturated rings. The molecule has 0 aliphatic heterocycles. The molecule has 7 aromatic heterocycles. The van der Waals surface area contributed by atoms with Gasteiger partial charge < -0.3 is 9.13 Å². The molecule has 0 unspecified atom stereocenters. The van der Waals surface area contributed by atoms with Gasteiger partial charge in [-0.05, 0) is 217 Å². The topological polar surface area (TPSA) is 84.2 Å². The highest BCUT2D eigenvalue weighted by Gasteiger charge is 2.24. The molecule has 7 heterocycles. The highest BCUT2D eigenvalue weighted by Crippen LogP contribution is 2.45. The van der Waals surface area contributed by atoms with E-state index in [4.69, 9.17) is 19.9 Å². The molecule has 0 amide bonds. The van der Waals surface area contributed by atoms with E-state index in [0.29, 0.717) is 11.9 Å². The summed E-state index contributed by atoms with van der Waals surface area (Å²) in [5.74, 6) is 1.21. The number of pyridine rings is 1. The fraction of sp³-hybridized carbons (Fsp3) is 0.0374. The SMILES string of the molecule is CC(C)(C)c1ccc2c(c1)c1cc(-c3ccc4c(c3)c3cc(-c5ccc6c(c5)c5cc(-c7ccc8c(c7)c7ccccc7n8-c7ccccc7)ccc5n6-c5ncc(-c6ccc(-c7cncc(-c8ccccc8)c7)cc6)cn5)ccc3n4-c3ccccc3)ccc1n2-c1nccc(-c2cccc(-c3ccc(-c4ccccc4)cc3)c2)n1. The summed E-state index contributed by atoms with van der Waals surface area (Å²) in [5.41, 5.74) is 31.7. The summed E-state index contributed by atoms with van der Waals surface area (Å²) in [7, 11) is 0. The maximum Gasteiger partial charge on any atom is 0.235 e. The molecule has 0 saturated carbocycles. The lowest BCUT2D eigenvalue weighted by atomic mass is 9.86. The molecule has 22 rings (SSSR count). The average Bonchev–Trinajstić information content (AvgIpc) is 1.58. The zero-order valence-corrected chi connectivity index (χ0v) is 64.0. The second-order valence-corrected chi connectivity index (χ2v) is 31.3. The summed E-state index contributed by atoms with van der Waals surface area (Å²) in [6.45, 7) is 6.86. The predicted molar refractivity (Wildman–Crippen MR) is 480 cm³/mol. The van der Waals surface area contributed by atoms with Crippen molar-refractivity contribution in [3.05, 3.63) is 394 Å². The Labute approximate surface area is 670 Å². The van der Waals surface area contributed by atoms with Gasteiger partial charge in [0, 0.05) is 108 Å². The molecule has 0 saturated heterocycles. The fourth-order valence-corrected chi connectivity index (χ4v) is 17.5. The standard InChI is InChI=1S/C107H73N9/c1-107(2,3)85-45-52-104-95(63-85)94-62-80(44-51-103(94)116(104)106-109-54-53-96(112-106)81-24-18-23-74(55-81)71-33-31-70(32-34-71)68-19-8-4-9-20-68)77-41-48-100-91(59-77)90-58-76(40-47-99(90)114(100)87-27-14-7-15-28-87)79-43-50-102-93(61-79)92-60-78(75-39-46-98-89(57-75)88-29-16-17-30-97(88)113(98)86-25-12-6-13-26-86)42-49-101(92)115(102)105-110-66-84(67-111-105)73-37-35-72(36-38-73)83-56-82(64-108-65-83)69-21-10-5-11-22-69/h4-67H,1-3H3. The Hall–Kier alpha value is -15.2. The first-order valence-corrected chi connectivity index (χ1v) is 39.5. The molecular weight excluding hydrogens is 1410 g/mol. The summed E-state index contributed by atoms with van der Waals surface area (Å²) >= 11 is 0. The summed E-state index contributed by atoms with van der Waals surface area (Å²) in [6.07, 6.45) is 9.65. The molecule has 22 aromatic rings. The molecule has 0 radical (unpaired) electrons. The Morgan fingerprint density at radius 1 is 0.207 bits per heavy atom. The summed E-state index contributed by atoms with van der Waals surface area (Å²) in [4.78, 5) is 25.5. The van der Waals surface area contributed by atoms with Gasteiger partial charge in [0.1, 0.15) is 0 Å². The van der Waals surface area contributed by atoms with E-state index in [1.165, 1.54) is 33.0 Å². The molecule has 0 aliphatic carbocycles. The lowest BCUT2D eigenvalue weighted by Crippen LogP contribution is -2.10. The van der Waals surface area contributed by atoms with Crippen molar-refractivity contribution in [2.45, 2.75) is 26.2 Å². The van der Waals surface area contributed by atoms with Gasteiger partial charge in [-0.25, -0.2) is 19.9 Å². The van der Waals surface area contributed by atoms with Gasteiger partial charge in [-0.3, -0.25) is 14.1 Å². The molecule has 0 spiro atoms. The van der Waals surface area contributed by atoms with Crippen LogP contribution in [0, 0.1) is 0 Å². The number of hydrogen-bond donors (Lipinski definition) is 0. The maximum absolute atomic E-state index is 5.39. The quantitative estimate of drug-likeness (QED) is 0.115. The van der Waals surface area contributed by atoms with Crippen LogP contribution in [-0.2, 0) is 5.41 Å². The monoisotopic (exact) mass is 1480 g/mol. The minimum absolute atomic E-state index is 0.0895. The summed E-state index contributed by atoms with van der Waals surface area (Å²) < 4.78 is 9.26. The third-order valence-corrected chi connectivity index (χ3v) is 23.4. The van der Waals surface area contributed by atoms with Gasteiger partial charge in [-0.15, -0.1) is 0 Å². The first kappa shape index (κ1) is 67.7. The van der Waals surface area contributed by atoms with Crippen molar-refractivity contribution >= 4 is 87.2 Å². The predicted octanol–water partition coefficient (Wildman–Crippen LogP) is 27.4. The molecule has 0 aliphatic rings. The van der Waals surface area contributed by atoms with Crippen LogP contribution in [0.3, 0.4) is 0 Å². The molecule has 0 atom stereocenters. The van der Waals surface area contributed by atoms with Gasteiger partial charge in [0.15, 0.2) is 0 Å². The van der Waals surface area contributed by atoms with E-state index in [-0.39, 0.29) is 5.41 Å². The minimum Gasteiger partial charge on any atom is -0.309 e. The second kappa shape index (κ2) is 27.3. The Morgan fingerprint density at radius 2 is 0.526 bits per heavy atom. The Bertz CT molecular complexity index is 7620. The van der Waals surface area contributed by atoms with E-state index < -0.39 is 0 Å². The van der Waals surface area contributed by atoms with Crippen LogP contribution in [0.25, 0.3) is 211 Å². The maximum atomic E-state index is 5.39. The van der Waals surface area contributed by atoms with Crippen LogP contribution >= 0.6 is 0 Å². The van der Waals surface area contributed by atoms with Crippen LogP contribution in [-0.4, -0.2) is 43.2 Å². The number of benzene rings is 15. The van der Waals surface area contributed by atoms with E-state index in [9.17, 15) is 0 Å². The van der Waals surface area contributed by atoms with Gasteiger partial charge in [0.2, 0.25) is 11.9 Å². The molecule has 116 heavy (non-hydrogen) atoms. The van der Waals surface area contributed by atoms with Crippen LogP contribution in [0.15, 0.2) is 389 Å². The highest BCUT2D eigenvalue weighted by atomic mass is 15.2. The van der Waals surface area contributed by atoms with Crippen molar-refractivity contribution in [2.24, 2.45) is 0 Å². The number of rotatable bonds is 13. The van der Waals surface area contributed by atoms with Gasteiger partial charge >= 0.3 is 0 Å². The number of aromatic nitrogens is 9. The summed E-state index contributed by atoms with van der Waals surface area (Å²) in [6, 6.07) is 130. The number of nitrogens with zero attached hydrogens (tertiary/aromatic N) is 9. The first-order valence-electron chi connectivity index (χ1n) is 39.5. The van der Waals surface area contributed by atoms with Crippen molar-refractivity contribution < 1.29 is 0 Å². The van der Waals surface area contributed by atoms with Crippen LogP contribution in [0.5, 0.6) is 0 Å². The van der Waals surface area contributed by atoms with Crippen molar-refractivity contribution in [3.8, 4) is 124 Å². The molecule has 9 heteroatoms. The van der Waals surface area contributed by atoms with E-state index in [1.54, 1.807) is 0 Å². The molecular formula is C107H73N9. The largest absolute Gasteiger partial charge is 0.309 e. The Kier molecular flexibility index (Phi) is 15.9. The van der Waals surface area contributed by atoms with Crippen molar-refractivity contribution in [1.29, 1.82) is 0 Å². The third-order valence-electron chi connectivity index (χ3n) is 23.4. The molecule has 0 bridgehead atoms. The normalized spacial score (nSPS) is 11.9. The molecule has 9 nitrogen and oxygen atoms in total. The lowest BCUT2D eigenvalue weighted by molar-refractivity contribution is 0.591. The number of para-hydroxylation sites is 3. The van der Waals surface area contributed by atoms with Crippen LogP contribution in [0.1, 0.15) is 26.3 Å². The Balaban J connectivity index is 0.654. The first-order chi connectivity index (χ1) is 57.1.